The average molecular weight is 238 g/mol. The van der Waals surface area contributed by atoms with Crippen LogP contribution < -0.4 is 5.32 Å². The van der Waals surface area contributed by atoms with Crippen LogP contribution in [0.15, 0.2) is 0 Å². The van der Waals surface area contributed by atoms with Crippen molar-refractivity contribution in [2.45, 2.75) is 70.9 Å². The van der Waals surface area contributed by atoms with E-state index in [1.807, 2.05) is 0 Å². The summed E-state index contributed by atoms with van der Waals surface area (Å²) in [5.41, 5.74) is 0. The van der Waals surface area contributed by atoms with E-state index in [-0.39, 0.29) is 0 Å². The van der Waals surface area contributed by atoms with Crippen molar-refractivity contribution >= 4 is 0 Å². The molecule has 1 saturated heterocycles. The molecule has 0 radical (unpaired) electrons. The highest BCUT2D eigenvalue weighted by atomic mass is 15.2. The summed E-state index contributed by atoms with van der Waals surface area (Å²) in [4.78, 5) is 2.84. The van der Waals surface area contributed by atoms with Crippen LogP contribution in [0.25, 0.3) is 0 Å². The summed E-state index contributed by atoms with van der Waals surface area (Å²) in [6, 6.07) is 1.65. The standard InChI is InChI=1S/C15H30N2/c1-13(2)15-12-16-10-11-17(15)14-8-6-4-3-5-7-9-14/h13-16H,3-12H2,1-2H3. The van der Waals surface area contributed by atoms with Gasteiger partial charge in [0.05, 0.1) is 0 Å². The third-order valence-corrected chi connectivity index (χ3v) is 4.64. The van der Waals surface area contributed by atoms with Crippen molar-refractivity contribution in [3.63, 3.8) is 0 Å². The molecule has 2 rings (SSSR count). The minimum absolute atomic E-state index is 0.771. The lowest BCUT2D eigenvalue weighted by Gasteiger charge is -2.44. The van der Waals surface area contributed by atoms with Crippen molar-refractivity contribution in [1.29, 1.82) is 0 Å². The van der Waals surface area contributed by atoms with Gasteiger partial charge >= 0.3 is 0 Å². The van der Waals surface area contributed by atoms with E-state index in [0.29, 0.717) is 0 Å². The van der Waals surface area contributed by atoms with Gasteiger partial charge in [-0.05, 0) is 18.8 Å². The summed E-state index contributed by atoms with van der Waals surface area (Å²) >= 11 is 0. The quantitative estimate of drug-likeness (QED) is 0.795. The van der Waals surface area contributed by atoms with Crippen LogP contribution in [-0.2, 0) is 0 Å². The maximum absolute atomic E-state index is 3.57. The van der Waals surface area contributed by atoms with Gasteiger partial charge in [-0.2, -0.15) is 0 Å². The topological polar surface area (TPSA) is 15.3 Å². The van der Waals surface area contributed by atoms with Crippen LogP contribution in [0, 0.1) is 5.92 Å². The zero-order valence-corrected chi connectivity index (χ0v) is 11.8. The molecule has 1 aliphatic carbocycles. The van der Waals surface area contributed by atoms with E-state index >= 15 is 0 Å². The lowest BCUT2D eigenvalue weighted by Crippen LogP contribution is -2.57. The molecule has 1 saturated carbocycles. The highest BCUT2D eigenvalue weighted by Gasteiger charge is 2.30. The summed E-state index contributed by atoms with van der Waals surface area (Å²) in [5.74, 6) is 0.785. The molecule has 1 aliphatic heterocycles. The van der Waals surface area contributed by atoms with Crippen LogP contribution in [0.5, 0.6) is 0 Å². The molecular formula is C15H30N2. The first-order chi connectivity index (χ1) is 8.29. The number of nitrogens with zero attached hydrogens (tertiary/aromatic N) is 1. The molecule has 100 valence electrons. The summed E-state index contributed by atoms with van der Waals surface area (Å²) in [5, 5.41) is 3.57. The molecule has 2 heteroatoms. The molecule has 17 heavy (non-hydrogen) atoms. The van der Waals surface area contributed by atoms with Gasteiger partial charge in [0, 0.05) is 31.7 Å². The second kappa shape index (κ2) is 6.75. The minimum atomic E-state index is 0.771. The third-order valence-electron chi connectivity index (χ3n) is 4.64. The summed E-state index contributed by atoms with van der Waals surface area (Å²) < 4.78 is 0. The van der Waals surface area contributed by atoms with Crippen molar-refractivity contribution < 1.29 is 0 Å². The van der Waals surface area contributed by atoms with Gasteiger partial charge in [0.1, 0.15) is 0 Å². The predicted octanol–water partition coefficient (Wildman–Crippen LogP) is 3.03. The maximum Gasteiger partial charge on any atom is 0.0247 e. The van der Waals surface area contributed by atoms with E-state index in [1.165, 1.54) is 64.6 Å². The lowest BCUT2D eigenvalue weighted by atomic mass is 9.91. The first-order valence-electron chi connectivity index (χ1n) is 7.75. The molecule has 2 nitrogen and oxygen atoms in total. The molecule has 0 aromatic heterocycles. The number of hydrogen-bond donors (Lipinski definition) is 1. The first kappa shape index (κ1) is 13.4. The molecule has 0 amide bonds. The van der Waals surface area contributed by atoms with Gasteiger partial charge in [-0.25, -0.2) is 0 Å². The number of piperazine rings is 1. The van der Waals surface area contributed by atoms with E-state index in [4.69, 9.17) is 0 Å². The van der Waals surface area contributed by atoms with Crippen LogP contribution in [0.4, 0.5) is 0 Å². The van der Waals surface area contributed by atoms with Gasteiger partial charge in [-0.3, -0.25) is 4.90 Å². The van der Waals surface area contributed by atoms with Gasteiger partial charge in [0.2, 0.25) is 0 Å². The Balaban J connectivity index is 1.95. The van der Waals surface area contributed by atoms with Crippen molar-refractivity contribution in [1.82, 2.24) is 10.2 Å². The van der Waals surface area contributed by atoms with Crippen LogP contribution in [0.3, 0.4) is 0 Å². The third kappa shape index (κ3) is 3.69. The second-order valence-electron chi connectivity index (χ2n) is 6.25. The zero-order valence-electron chi connectivity index (χ0n) is 11.8. The molecular weight excluding hydrogens is 208 g/mol. The summed E-state index contributed by atoms with van der Waals surface area (Å²) in [6.07, 6.45) is 10.2. The van der Waals surface area contributed by atoms with E-state index in [9.17, 15) is 0 Å². The molecule has 1 unspecified atom stereocenters. The molecule has 0 bridgehead atoms. The van der Waals surface area contributed by atoms with Crippen molar-refractivity contribution in [2.75, 3.05) is 19.6 Å². The smallest absolute Gasteiger partial charge is 0.0247 e. The van der Waals surface area contributed by atoms with E-state index in [0.717, 1.165) is 18.0 Å². The fraction of sp³-hybridized carbons (Fsp3) is 1.00. The van der Waals surface area contributed by atoms with Crippen LogP contribution in [-0.4, -0.2) is 36.6 Å². The predicted molar refractivity (Wildman–Crippen MR) is 74.3 cm³/mol. The molecule has 0 spiro atoms. The van der Waals surface area contributed by atoms with E-state index < -0.39 is 0 Å². The van der Waals surface area contributed by atoms with Crippen LogP contribution >= 0.6 is 0 Å². The average Bonchev–Trinajstić information content (AvgIpc) is 2.28. The number of hydrogen-bond acceptors (Lipinski definition) is 2. The lowest BCUT2D eigenvalue weighted by molar-refractivity contribution is 0.0632. The second-order valence-corrected chi connectivity index (χ2v) is 6.25. The number of rotatable bonds is 2. The first-order valence-corrected chi connectivity index (χ1v) is 7.75. The monoisotopic (exact) mass is 238 g/mol. The fourth-order valence-electron chi connectivity index (χ4n) is 3.58. The minimum Gasteiger partial charge on any atom is -0.314 e. The Morgan fingerprint density at radius 3 is 2.29 bits per heavy atom. The molecule has 1 N–H and O–H groups in total. The highest BCUT2D eigenvalue weighted by Crippen LogP contribution is 2.25. The fourth-order valence-corrected chi connectivity index (χ4v) is 3.58. The van der Waals surface area contributed by atoms with Crippen LogP contribution in [0.1, 0.15) is 58.8 Å². The van der Waals surface area contributed by atoms with Gasteiger partial charge in [-0.15, -0.1) is 0 Å². The normalized spacial score (nSPS) is 30.2. The SMILES string of the molecule is CC(C)C1CNCCN1C1CCCCCCC1. The maximum atomic E-state index is 3.57. The largest absolute Gasteiger partial charge is 0.314 e. The molecule has 0 aromatic rings. The Labute approximate surface area is 107 Å². The highest BCUT2D eigenvalue weighted by molar-refractivity contribution is 4.87. The molecule has 2 fully saturated rings. The van der Waals surface area contributed by atoms with Gasteiger partial charge in [0.25, 0.3) is 0 Å². The molecule has 2 aliphatic rings. The Hall–Kier alpha value is -0.0800. The van der Waals surface area contributed by atoms with E-state index in [1.54, 1.807) is 0 Å². The number of nitrogens with one attached hydrogen (secondary N) is 1. The van der Waals surface area contributed by atoms with Gasteiger partial charge < -0.3 is 5.32 Å². The van der Waals surface area contributed by atoms with Crippen LogP contribution in [0.2, 0.25) is 0 Å². The Morgan fingerprint density at radius 1 is 1.00 bits per heavy atom. The molecule has 0 aromatic carbocycles. The van der Waals surface area contributed by atoms with Gasteiger partial charge in [0.15, 0.2) is 0 Å². The zero-order chi connectivity index (χ0) is 12.1. The van der Waals surface area contributed by atoms with Crippen molar-refractivity contribution in [3.05, 3.63) is 0 Å². The Bertz CT molecular complexity index is 207. The Kier molecular flexibility index (Phi) is 5.30. The summed E-state index contributed by atoms with van der Waals surface area (Å²) in [7, 11) is 0. The summed E-state index contributed by atoms with van der Waals surface area (Å²) in [6.45, 7) is 8.43. The van der Waals surface area contributed by atoms with Crippen molar-refractivity contribution in [2.24, 2.45) is 5.92 Å². The Morgan fingerprint density at radius 2 is 1.65 bits per heavy atom. The van der Waals surface area contributed by atoms with E-state index in [2.05, 4.69) is 24.1 Å². The van der Waals surface area contributed by atoms with Crippen molar-refractivity contribution in [3.8, 4) is 0 Å². The molecule has 1 heterocycles. The van der Waals surface area contributed by atoms with Gasteiger partial charge in [-0.1, -0.05) is 46.0 Å². The molecule has 1 atom stereocenters.